The summed E-state index contributed by atoms with van der Waals surface area (Å²) in [6, 6.07) is 10.1. The standard InChI is InChI=1S/C23H21F6NO3/c24-22(25,26)15-8-13(9-16(10-15)23(27,28)29)12-33-19-7-6-18-17(20(31)32)11-21(19,30-18)14-4-2-1-3-5-14/h1-5,8-10,17-19,30H,6-7,11-12H2,(H,31,32). The maximum atomic E-state index is 13.2. The number of ether oxygens (including phenoxy) is 1. The number of alkyl halides is 6. The van der Waals surface area contributed by atoms with Gasteiger partial charge < -0.3 is 15.2 Å². The molecule has 33 heavy (non-hydrogen) atoms. The predicted molar refractivity (Wildman–Crippen MR) is 105 cm³/mol. The summed E-state index contributed by atoms with van der Waals surface area (Å²) >= 11 is 0. The van der Waals surface area contributed by atoms with Crippen LogP contribution in [0.3, 0.4) is 0 Å². The van der Waals surface area contributed by atoms with Crippen molar-refractivity contribution in [3.8, 4) is 0 Å². The Morgan fingerprint density at radius 1 is 1.00 bits per heavy atom. The first-order chi connectivity index (χ1) is 15.4. The van der Waals surface area contributed by atoms with E-state index in [9.17, 15) is 36.2 Å². The zero-order chi connectivity index (χ0) is 24.0. The minimum atomic E-state index is -4.94. The molecule has 2 N–H and O–H groups in total. The fraction of sp³-hybridized carbons (Fsp3) is 0.435. The van der Waals surface area contributed by atoms with Crippen molar-refractivity contribution in [2.24, 2.45) is 5.92 Å². The van der Waals surface area contributed by atoms with Gasteiger partial charge in [-0.3, -0.25) is 4.79 Å². The Balaban J connectivity index is 1.64. The van der Waals surface area contributed by atoms with Crippen molar-refractivity contribution in [2.45, 2.75) is 55.9 Å². The van der Waals surface area contributed by atoms with Gasteiger partial charge in [-0.15, -0.1) is 0 Å². The van der Waals surface area contributed by atoms with Gasteiger partial charge in [0.1, 0.15) is 0 Å². The minimum absolute atomic E-state index is 0.0795. The van der Waals surface area contributed by atoms with Crippen molar-refractivity contribution < 1.29 is 41.0 Å². The van der Waals surface area contributed by atoms with Crippen molar-refractivity contribution in [3.63, 3.8) is 0 Å². The number of fused-ring (bicyclic) bond motifs is 2. The Kier molecular flexibility index (Phi) is 5.94. The summed E-state index contributed by atoms with van der Waals surface area (Å²) in [4.78, 5) is 11.8. The van der Waals surface area contributed by atoms with Gasteiger partial charge in [0.05, 0.1) is 35.3 Å². The van der Waals surface area contributed by atoms with Crippen LogP contribution in [-0.4, -0.2) is 23.2 Å². The maximum Gasteiger partial charge on any atom is 0.416 e. The van der Waals surface area contributed by atoms with E-state index in [1.54, 1.807) is 18.2 Å². The molecule has 0 aliphatic carbocycles. The molecule has 10 heteroatoms. The number of carboxylic acids is 1. The second kappa shape index (κ2) is 8.32. The lowest BCUT2D eigenvalue weighted by atomic mass is 9.80. The minimum Gasteiger partial charge on any atom is -0.481 e. The van der Waals surface area contributed by atoms with E-state index in [0.29, 0.717) is 25.0 Å². The molecular formula is C23H21F6NO3. The third kappa shape index (κ3) is 4.59. The second-order valence-electron chi connectivity index (χ2n) is 8.53. The van der Waals surface area contributed by atoms with E-state index >= 15 is 0 Å². The van der Waals surface area contributed by atoms with E-state index in [-0.39, 0.29) is 24.1 Å². The average Bonchev–Trinajstić information content (AvgIpc) is 3.07. The van der Waals surface area contributed by atoms with E-state index in [1.807, 2.05) is 12.1 Å². The number of carbonyl (C=O) groups is 1. The molecule has 0 spiro atoms. The lowest BCUT2D eigenvalue weighted by Crippen LogP contribution is -2.54. The molecule has 178 valence electrons. The van der Waals surface area contributed by atoms with Gasteiger partial charge in [0, 0.05) is 6.04 Å². The molecule has 0 saturated carbocycles. The van der Waals surface area contributed by atoms with Crippen LogP contribution in [0.2, 0.25) is 0 Å². The normalized spacial score (nSPS) is 27.5. The summed E-state index contributed by atoms with van der Waals surface area (Å²) in [5.41, 5.74) is -3.19. The topological polar surface area (TPSA) is 58.6 Å². The Bertz CT molecular complexity index is 991. The Hall–Kier alpha value is -2.59. The number of hydrogen-bond acceptors (Lipinski definition) is 3. The van der Waals surface area contributed by atoms with Crippen LogP contribution in [0.1, 0.15) is 41.5 Å². The van der Waals surface area contributed by atoms with Gasteiger partial charge in [0.25, 0.3) is 0 Å². The highest BCUT2D eigenvalue weighted by atomic mass is 19.4. The Morgan fingerprint density at radius 3 is 2.15 bits per heavy atom. The highest BCUT2D eigenvalue weighted by molar-refractivity contribution is 5.72. The molecule has 2 fully saturated rings. The van der Waals surface area contributed by atoms with Gasteiger partial charge in [-0.25, -0.2) is 0 Å². The fourth-order valence-corrected chi connectivity index (χ4v) is 4.96. The average molecular weight is 473 g/mol. The molecule has 4 rings (SSSR count). The van der Waals surface area contributed by atoms with E-state index < -0.39 is 53.6 Å². The van der Waals surface area contributed by atoms with Gasteiger partial charge in [-0.1, -0.05) is 30.3 Å². The maximum absolute atomic E-state index is 13.2. The van der Waals surface area contributed by atoms with E-state index in [2.05, 4.69) is 5.32 Å². The van der Waals surface area contributed by atoms with Crippen molar-refractivity contribution in [1.82, 2.24) is 5.32 Å². The van der Waals surface area contributed by atoms with Crippen molar-refractivity contribution in [3.05, 3.63) is 70.8 Å². The van der Waals surface area contributed by atoms with Crippen LogP contribution in [-0.2, 0) is 34.0 Å². The number of nitrogens with one attached hydrogen (secondary N) is 1. The van der Waals surface area contributed by atoms with E-state index in [4.69, 9.17) is 4.74 Å². The van der Waals surface area contributed by atoms with Gasteiger partial charge in [-0.2, -0.15) is 26.3 Å². The summed E-state index contributed by atoms with van der Waals surface area (Å²) in [7, 11) is 0. The van der Waals surface area contributed by atoms with Crippen molar-refractivity contribution in [2.75, 3.05) is 0 Å². The molecule has 4 unspecified atom stereocenters. The first kappa shape index (κ1) is 23.6. The van der Waals surface area contributed by atoms with Gasteiger partial charge in [0.2, 0.25) is 0 Å². The van der Waals surface area contributed by atoms with Crippen LogP contribution in [0.15, 0.2) is 48.5 Å². The van der Waals surface area contributed by atoms with Crippen LogP contribution in [0.5, 0.6) is 0 Å². The first-order valence-electron chi connectivity index (χ1n) is 10.4. The summed E-state index contributed by atoms with van der Waals surface area (Å²) in [5.74, 6) is -1.64. The molecular weight excluding hydrogens is 452 g/mol. The summed E-state index contributed by atoms with van der Waals surface area (Å²) in [6.07, 6.45) is -9.43. The van der Waals surface area contributed by atoms with E-state index in [0.717, 1.165) is 5.56 Å². The quantitative estimate of drug-likeness (QED) is 0.574. The van der Waals surface area contributed by atoms with Crippen LogP contribution in [0, 0.1) is 5.92 Å². The third-order valence-electron chi connectivity index (χ3n) is 6.46. The second-order valence-corrected chi connectivity index (χ2v) is 8.53. The molecule has 0 aromatic heterocycles. The molecule has 2 aliphatic heterocycles. The Labute approximate surface area is 185 Å². The molecule has 2 aliphatic rings. The van der Waals surface area contributed by atoms with Crippen LogP contribution >= 0.6 is 0 Å². The molecule has 0 amide bonds. The zero-order valence-corrected chi connectivity index (χ0v) is 17.2. The molecule has 2 aromatic carbocycles. The van der Waals surface area contributed by atoms with Gasteiger partial charge in [-0.05, 0) is 48.6 Å². The molecule has 4 atom stereocenters. The van der Waals surface area contributed by atoms with Gasteiger partial charge in [0.15, 0.2) is 0 Å². The monoisotopic (exact) mass is 473 g/mol. The zero-order valence-electron chi connectivity index (χ0n) is 17.2. The third-order valence-corrected chi connectivity index (χ3v) is 6.46. The molecule has 2 saturated heterocycles. The van der Waals surface area contributed by atoms with Crippen molar-refractivity contribution in [1.29, 1.82) is 0 Å². The SMILES string of the molecule is O=C(O)C1CC2(c3ccccc3)NC1CCC2OCc1cc(C(F)(F)F)cc(C(F)(F)F)c1. The van der Waals surface area contributed by atoms with Crippen molar-refractivity contribution >= 4 is 5.97 Å². The summed E-state index contributed by atoms with van der Waals surface area (Å²) in [6.45, 7) is -0.476. The predicted octanol–water partition coefficient (Wildman–Crippen LogP) is 5.36. The molecule has 2 heterocycles. The van der Waals surface area contributed by atoms with Crippen LogP contribution < -0.4 is 5.32 Å². The lowest BCUT2D eigenvalue weighted by molar-refractivity contribution is -0.144. The Morgan fingerprint density at radius 2 is 1.61 bits per heavy atom. The molecule has 4 nitrogen and oxygen atoms in total. The fourth-order valence-electron chi connectivity index (χ4n) is 4.96. The highest BCUT2D eigenvalue weighted by Crippen LogP contribution is 2.47. The number of carboxylic acid groups (broad SMARTS) is 1. The first-order valence-corrected chi connectivity index (χ1v) is 10.4. The summed E-state index contributed by atoms with van der Waals surface area (Å²) < 4.78 is 85.0. The number of halogens is 6. The largest absolute Gasteiger partial charge is 0.481 e. The molecule has 2 aromatic rings. The number of piperidine rings is 1. The lowest BCUT2D eigenvalue weighted by Gasteiger charge is -2.42. The van der Waals surface area contributed by atoms with E-state index in [1.165, 1.54) is 0 Å². The number of benzene rings is 2. The van der Waals surface area contributed by atoms with Crippen LogP contribution in [0.25, 0.3) is 0 Å². The van der Waals surface area contributed by atoms with Gasteiger partial charge >= 0.3 is 18.3 Å². The highest BCUT2D eigenvalue weighted by Gasteiger charge is 2.56. The number of rotatable bonds is 5. The number of hydrogen-bond donors (Lipinski definition) is 2. The smallest absolute Gasteiger partial charge is 0.416 e. The molecule has 0 radical (unpaired) electrons. The van der Waals surface area contributed by atoms with Crippen LogP contribution in [0.4, 0.5) is 26.3 Å². The summed E-state index contributed by atoms with van der Waals surface area (Å²) in [5, 5.41) is 13.0. The number of aliphatic carboxylic acids is 1. The molecule has 2 bridgehead atoms.